The summed E-state index contributed by atoms with van der Waals surface area (Å²) in [5.41, 5.74) is 3.75. The predicted molar refractivity (Wildman–Crippen MR) is 207 cm³/mol. The number of halogens is 1. The van der Waals surface area contributed by atoms with Crippen LogP contribution in [0.3, 0.4) is 0 Å². The number of carbonyl (C=O) groups excluding carboxylic acids is 2. The number of aryl methyl sites for hydroxylation is 1. The monoisotopic (exact) mass is 747 g/mol. The van der Waals surface area contributed by atoms with Crippen LogP contribution in [0.5, 0.6) is 0 Å². The van der Waals surface area contributed by atoms with Gasteiger partial charge in [0.1, 0.15) is 13.2 Å². The Morgan fingerprint density at radius 1 is 1.06 bits per heavy atom. The Balaban J connectivity index is 1.21. The summed E-state index contributed by atoms with van der Waals surface area (Å²) in [6, 6.07) is 23.6. The van der Waals surface area contributed by atoms with Crippen LogP contribution in [0, 0.1) is 6.92 Å². The Bertz CT molecular complexity index is 2350. The number of aliphatic hydroxyl groups is 1. The van der Waals surface area contributed by atoms with E-state index in [-0.39, 0.29) is 53.8 Å². The molecule has 272 valence electrons. The van der Waals surface area contributed by atoms with E-state index in [0.717, 1.165) is 38.0 Å². The van der Waals surface area contributed by atoms with Gasteiger partial charge in [0.05, 0.1) is 35.1 Å². The number of nitrogens with zero attached hydrogens (tertiary/aromatic N) is 2. The largest absolute Gasteiger partial charge is 0.458 e. The standard InChI is InChI=1S/C42H42ClN3O6Si/c1-6-42(50)30-19-34-38-28(21-46(34)39(48)29(30)22-51-40(42)49)37-32(18-17-27-24(2)31(43)20-33(45-38)36(27)37)44-35(47)23-52-53(41(3,4)5,25-13-9-7-10-14-25)26-15-11-8-12-16-26/h7-16,19-20,32,50H,6,17-18,21-23H2,1-5H3,(H,44,47)/t32?,42-/m0/s1. The normalized spacial score (nSPS) is 19.0. The Labute approximate surface area is 314 Å². The third-order valence-corrected chi connectivity index (χ3v) is 16.9. The van der Waals surface area contributed by atoms with E-state index in [1.54, 1.807) is 17.6 Å². The number of hydrogen-bond donors (Lipinski definition) is 2. The lowest BCUT2D eigenvalue weighted by Gasteiger charge is -2.43. The van der Waals surface area contributed by atoms with E-state index in [0.29, 0.717) is 34.8 Å². The molecule has 8 rings (SSSR count). The molecule has 0 spiro atoms. The first-order valence-electron chi connectivity index (χ1n) is 18.2. The van der Waals surface area contributed by atoms with Crippen molar-refractivity contribution in [2.75, 3.05) is 6.61 Å². The Morgan fingerprint density at radius 2 is 1.72 bits per heavy atom. The summed E-state index contributed by atoms with van der Waals surface area (Å²) in [6.45, 7) is 10.1. The fourth-order valence-corrected chi connectivity index (χ4v) is 13.6. The maximum atomic E-state index is 14.2. The van der Waals surface area contributed by atoms with Gasteiger partial charge < -0.3 is 24.2 Å². The molecule has 1 aliphatic carbocycles. The Kier molecular flexibility index (Phi) is 8.53. The lowest BCUT2D eigenvalue weighted by atomic mass is 9.81. The minimum atomic E-state index is -2.98. The second-order valence-corrected chi connectivity index (χ2v) is 20.1. The Hall–Kier alpha value is -4.61. The summed E-state index contributed by atoms with van der Waals surface area (Å²) in [7, 11) is -2.98. The van der Waals surface area contributed by atoms with Gasteiger partial charge in [-0.2, -0.15) is 0 Å². The number of carbonyl (C=O) groups is 2. The van der Waals surface area contributed by atoms with Gasteiger partial charge in [-0.3, -0.25) is 9.59 Å². The number of rotatable bonds is 7. The molecule has 0 bridgehead atoms. The molecule has 53 heavy (non-hydrogen) atoms. The van der Waals surface area contributed by atoms with Gasteiger partial charge in [0.25, 0.3) is 13.9 Å². The summed E-state index contributed by atoms with van der Waals surface area (Å²) in [4.78, 5) is 46.1. The minimum Gasteiger partial charge on any atom is -0.458 e. The summed E-state index contributed by atoms with van der Waals surface area (Å²) in [5, 5.41) is 18.2. The average molecular weight is 748 g/mol. The third kappa shape index (κ3) is 5.33. The van der Waals surface area contributed by atoms with Crippen LogP contribution in [0.2, 0.25) is 10.1 Å². The van der Waals surface area contributed by atoms with Gasteiger partial charge in [0.15, 0.2) is 5.60 Å². The first-order chi connectivity index (χ1) is 25.3. The van der Waals surface area contributed by atoms with Crippen LogP contribution < -0.4 is 21.2 Å². The van der Waals surface area contributed by atoms with E-state index in [9.17, 15) is 19.5 Å². The van der Waals surface area contributed by atoms with Gasteiger partial charge in [-0.1, -0.05) is 100.0 Å². The first-order valence-corrected chi connectivity index (χ1v) is 20.4. The number of amides is 1. The van der Waals surface area contributed by atoms with Gasteiger partial charge in [-0.05, 0) is 70.4 Å². The molecule has 2 aliphatic heterocycles. The fourth-order valence-electron chi connectivity index (χ4n) is 8.87. The molecule has 3 aromatic carbocycles. The smallest absolute Gasteiger partial charge is 0.343 e. The molecule has 4 heterocycles. The second kappa shape index (κ2) is 12.8. The summed E-state index contributed by atoms with van der Waals surface area (Å²) in [6.07, 6.45) is 1.35. The van der Waals surface area contributed by atoms with Crippen molar-refractivity contribution in [3.63, 3.8) is 0 Å². The quantitative estimate of drug-likeness (QED) is 0.158. The van der Waals surface area contributed by atoms with Crippen LogP contribution in [-0.2, 0) is 43.9 Å². The number of nitrogens with one attached hydrogen (secondary N) is 1. The molecule has 3 aliphatic rings. The molecular weight excluding hydrogens is 706 g/mol. The number of pyridine rings is 2. The van der Waals surface area contributed by atoms with Crippen molar-refractivity contribution in [3.8, 4) is 11.4 Å². The van der Waals surface area contributed by atoms with E-state index < -0.39 is 25.9 Å². The maximum absolute atomic E-state index is 14.2. The maximum Gasteiger partial charge on any atom is 0.343 e. The second-order valence-electron chi connectivity index (χ2n) is 15.4. The number of cyclic esters (lactones) is 1. The van der Waals surface area contributed by atoms with E-state index in [4.69, 9.17) is 25.7 Å². The lowest BCUT2D eigenvalue weighted by molar-refractivity contribution is -0.172. The van der Waals surface area contributed by atoms with Crippen molar-refractivity contribution in [2.24, 2.45) is 0 Å². The van der Waals surface area contributed by atoms with Crippen LogP contribution >= 0.6 is 11.6 Å². The molecule has 5 aromatic rings. The van der Waals surface area contributed by atoms with Crippen molar-refractivity contribution in [2.45, 2.75) is 83.7 Å². The zero-order chi connectivity index (χ0) is 37.4. The highest BCUT2D eigenvalue weighted by molar-refractivity contribution is 6.99. The van der Waals surface area contributed by atoms with Crippen molar-refractivity contribution >= 4 is 53.1 Å². The Morgan fingerprint density at radius 3 is 2.34 bits per heavy atom. The highest BCUT2D eigenvalue weighted by Crippen LogP contribution is 2.46. The van der Waals surface area contributed by atoms with Crippen LogP contribution in [0.1, 0.15) is 80.0 Å². The van der Waals surface area contributed by atoms with Gasteiger partial charge in [-0.15, -0.1) is 0 Å². The molecule has 1 unspecified atom stereocenters. The first kappa shape index (κ1) is 35.4. The van der Waals surface area contributed by atoms with Crippen molar-refractivity contribution in [3.05, 3.63) is 122 Å². The molecule has 0 saturated carbocycles. The van der Waals surface area contributed by atoms with Gasteiger partial charge in [0.2, 0.25) is 5.91 Å². The van der Waals surface area contributed by atoms with E-state index in [1.165, 1.54) is 0 Å². The highest BCUT2D eigenvalue weighted by Gasteiger charge is 2.51. The van der Waals surface area contributed by atoms with Gasteiger partial charge in [-0.25, -0.2) is 9.78 Å². The number of benzene rings is 3. The van der Waals surface area contributed by atoms with Crippen LogP contribution in [0.4, 0.5) is 0 Å². The molecule has 0 fully saturated rings. The number of esters is 1. The van der Waals surface area contributed by atoms with Crippen molar-refractivity contribution in [1.82, 2.24) is 14.9 Å². The van der Waals surface area contributed by atoms with Crippen LogP contribution in [0.15, 0.2) is 77.6 Å². The number of ether oxygens (including phenoxy) is 1. The molecule has 0 radical (unpaired) electrons. The van der Waals surface area contributed by atoms with Crippen molar-refractivity contribution < 1.29 is 23.9 Å². The van der Waals surface area contributed by atoms with Crippen LogP contribution in [-0.4, -0.2) is 41.5 Å². The topological polar surface area (TPSA) is 120 Å². The SMILES string of the molecule is CC[C@@]1(O)C(=O)OCc2c1cc1n(c2=O)Cc2c-1nc1cc(Cl)c(C)c3c1c2C(NC(=O)CO[Si](c1ccccc1)(c1ccccc1)C(C)(C)C)CC3. The highest BCUT2D eigenvalue weighted by atomic mass is 35.5. The van der Waals surface area contributed by atoms with Crippen LogP contribution in [0.25, 0.3) is 22.3 Å². The zero-order valence-electron chi connectivity index (χ0n) is 30.5. The average Bonchev–Trinajstić information content (AvgIpc) is 3.52. The molecule has 2 aromatic heterocycles. The number of hydrogen-bond acceptors (Lipinski definition) is 7. The predicted octanol–water partition coefficient (Wildman–Crippen LogP) is 5.72. The fraction of sp³-hybridized carbons (Fsp3) is 0.333. The van der Waals surface area contributed by atoms with E-state index >= 15 is 0 Å². The zero-order valence-corrected chi connectivity index (χ0v) is 32.3. The molecule has 11 heteroatoms. The lowest BCUT2D eigenvalue weighted by Crippen LogP contribution is -2.67. The van der Waals surface area contributed by atoms with Gasteiger partial charge in [0, 0.05) is 21.5 Å². The number of fused-ring (bicyclic) bond motifs is 5. The number of aromatic nitrogens is 2. The summed E-state index contributed by atoms with van der Waals surface area (Å²) in [5.74, 6) is -1.01. The summed E-state index contributed by atoms with van der Waals surface area (Å²) < 4.78 is 13.9. The molecule has 1 amide bonds. The summed E-state index contributed by atoms with van der Waals surface area (Å²) >= 11 is 6.77. The molecular formula is C42H42ClN3O6Si. The minimum absolute atomic E-state index is 0.0489. The molecule has 2 N–H and O–H groups in total. The van der Waals surface area contributed by atoms with E-state index in [1.807, 2.05) is 49.4 Å². The third-order valence-electron chi connectivity index (χ3n) is 11.5. The molecule has 9 nitrogen and oxygen atoms in total. The van der Waals surface area contributed by atoms with Gasteiger partial charge >= 0.3 is 5.97 Å². The van der Waals surface area contributed by atoms with Crippen molar-refractivity contribution in [1.29, 1.82) is 0 Å². The molecule has 0 saturated heterocycles. The molecule has 2 atom stereocenters. The van der Waals surface area contributed by atoms with E-state index in [2.05, 4.69) is 50.4 Å².